The molecule has 0 radical (unpaired) electrons. The molecule has 114 valence electrons. The van der Waals surface area contributed by atoms with E-state index in [1.165, 1.54) is 4.57 Å². The molecule has 7 heteroatoms. The number of H-pyrrole nitrogens is 1. The Morgan fingerprint density at radius 1 is 1.38 bits per heavy atom. The lowest BCUT2D eigenvalue weighted by atomic mass is 10.1. The van der Waals surface area contributed by atoms with Crippen molar-refractivity contribution in [1.29, 1.82) is 0 Å². The minimum absolute atomic E-state index is 0.179. The van der Waals surface area contributed by atoms with E-state index in [-0.39, 0.29) is 23.9 Å². The summed E-state index contributed by atoms with van der Waals surface area (Å²) in [5, 5.41) is 14.6. The molecule has 2 aromatic heterocycles. The van der Waals surface area contributed by atoms with Gasteiger partial charge >= 0.3 is 5.69 Å². The number of rotatable bonds is 4. The number of aromatic hydroxyl groups is 1. The van der Waals surface area contributed by atoms with E-state index in [9.17, 15) is 14.7 Å². The number of hydrogen-bond donors (Lipinski definition) is 2. The van der Waals surface area contributed by atoms with Crippen molar-refractivity contribution in [2.75, 3.05) is 0 Å². The molecule has 0 aromatic carbocycles. The van der Waals surface area contributed by atoms with Crippen molar-refractivity contribution in [3.63, 3.8) is 0 Å². The standard InChI is InChI=1S/C14H20N4O3/c1-5-10-9(6-17(4)16-10)7-18-13(20)11(8(2)3)12(19)15-14(18)21/h6,8,20H,5,7H2,1-4H3,(H,15,19,21). The van der Waals surface area contributed by atoms with Crippen molar-refractivity contribution < 1.29 is 5.11 Å². The second-order valence-electron chi connectivity index (χ2n) is 5.37. The molecule has 0 aliphatic carbocycles. The minimum Gasteiger partial charge on any atom is -0.494 e. The zero-order valence-corrected chi connectivity index (χ0v) is 12.7. The van der Waals surface area contributed by atoms with Crippen LogP contribution < -0.4 is 11.2 Å². The van der Waals surface area contributed by atoms with Crippen molar-refractivity contribution in [2.24, 2.45) is 7.05 Å². The molecule has 2 rings (SSSR count). The average Bonchev–Trinajstić information content (AvgIpc) is 2.73. The van der Waals surface area contributed by atoms with Gasteiger partial charge in [0, 0.05) is 18.8 Å². The van der Waals surface area contributed by atoms with Gasteiger partial charge in [-0.2, -0.15) is 5.10 Å². The molecule has 0 aliphatic heterocycles. The first-order valence-corrected chi connectivity index (χ1v) is 6.92. The SMILES string of the molecule is CCc1nn(C)cc1Cn1c(O)c(C(C)C)c(=O)[nH]c1=O. The molecule has 0 spiro atoms. The summed E-state index contributed by atoms with van der Waals surface area (Å²) < 4.78 is 2.85. The molecule has 0 saturated heterocycles. The number of aromatic amines is 1. The maximum Gasteiger partial charge on any atom is 0.331 e. The highest BCUT2D eigenvalue weighted by molar-refractivity contribution is 5.27. The summed E-state index contributed by atoms with van der Waals surface area (Å²) in [6.07, 6.45) is 2.54. The number of hydrogen-bond acceptors (Lipinski definition) is 4. The van der Waals surface area contributed by atoms with E-state index in [2.05, 4.69) is 10.1 Å². The summed E-state index contributed by atoms with van der Waals surface area (Å²) in [4.78, 5) is 26.0. The summed E-state index contributed by atoms with van der Waals surface area (Å²) >= 11 is 0. The Balaban J connectivity index is 2.57. The lowest BCUT2D eigenvalue weighted by Crippen LogP contribution is -2.33. The summed E-state index contributed by atoms with van der Waals surface area (Å²) in [5.74, 6) is -0.454. The lowest BCUT2D eigenvalue weighted by Gasteiger charge is -2.13. The molecule has 2 heterocycles. The molecule has 7 nitrogen and oxygen atoms in total. The van der Waals surface area contributed by atoms with Gasteiger partial charge < -0.3 is 5.11 Å². The van der Waals surface area contributed by atoms with Crippen LogP contribution in [0.2, 0.25) is 0 Å². The van der Waals surface area contributed by atoms with Crippen LogP contribution in [0.1, 0.15) is 43.5 Å². The van der Waals surface area contributed by atoms with Crippen LogP contribution in [0, 0.1) is 0 Å². The van der Waals surface area contributed by atoms with E-state index in [1.54, 1.807) is 25.6 Å². The zero-order chi connectivity index (χ0) is 15.7. The van der Waals surface area contributed by atoms with Crippen LogP contribution in [-0.2, 0) is 20.0 Å². The number of aryl methyl sites for hydroxylation is 2. The molecule has 0 amide bonds. The van der Waals surface area contributed by atoms with Crippen molar-refractivity contribution in [3.8, 4) is 5.88 Å². The highest BCUT2D eigenvalue weighted by atomic mass is 16.3. The van der Waals surface area contributed by atoms with Gasteiger partial charge in [-0.1, -0.05) is 20.8 Å². The first kappa shape index (κ1) is 15.1. The fourth-order valence-electron chi connectivity index (χ4n) is 2.43. The molecule has 0 fully saturated rings. The predicted octanol–water partition coefficient (Wildman–Crippen LogP) is 0.710. The third-order valence-corrected chi connectivity index (χ3v) is 3.44. The summed E-state index contributed by atoms with van der Waals surface area (Å²) in [6.45, 7) is 5.74. The lowest BCUT2D eigenvalue weighted by molar-refractivity contribution is 0.398. The Labute approximate surface area is 121 Å². The maximum atomic E-state index is 12.0. The van der Waals surface area contributed by atoms with E-state index in [1.807, 2.05) is 13.1 Å². The van der Waals surface area contributed by atoms with Crippen LogP contribution in [0.5, 0.6) is 5.88 Å². The summed E-state index contributed by atoms with van der Waals surface area (Å²) in [7, 11) is 1.80. The van der Waals surface area contributed by atoms with Crippen LogP contribution in [0.25, 0.3) is 0 Å². The Morgan fingerprint density at radius 3 is 2.62 bits per heavy atom. The van der Waals surface area contributed by atoms with Gasteiger partial charge in [-0.3, -0.25) is 19.0 Å². The molecule has 0 saturated carbocycles. The molecule has 21 heavy (non-hydrogen) atoms. The van der Waals surface area contributed by atoms with Gasteiger partial charge in [0.05, 0.1) is 17.8 Å². The summed E-state index contributed by atoms with van der Waals surface area (Å²) in [5.41, 5.74) is 0.773. The quantitative estimate of drug-likeness (QED) is 0.868. The Bertz CT molecular complexity index is 768. The van der Waals surface area contributed by atoms with Crippen molar-refractivity contribution >= 4 is 0 Å². The number of nitrogens with one attached hydrogen (secondary N) is 1. The topological polar surface area (TPSA) is 92.9 Å². The molecule has 0 aliphatic rings. The van der Waals surface area contributed by atoms with E-state index in [0.29, 0.717) is 0 Å². The smallest absolute Gasteiger partial charge is 0.331 e. The van der Waals surface area contributed by atoms with Gasteiger partial charge in [-0.15, -0.1) is 0 Å². The van der Waals surface area contributed by atoms with E-state index >= 15 is 0 Å². The monoisotopic (exact) mass is 292 g/mol. The molecule has 2 N–H and O–H groups in total. The molecule has 0 bridgehead atoms. The van der Waals surface area contributed by atoms with Gasteiger partial charge in [0.15, 0.2) is 0 Å². The number of nitrogens with zero attached hydrogens (tertiary/aromatic N) is 3. The third-order valence-electron chi connectivity index (χ3n) is 3.44. The van der Waals surface area contributed by atoms with Gasteiger partial charge in [0.2, 0.25) is 5.88 Å². The van der Waals surface area contributed by atoms with E-state index in [0.717, 1.165) is 17.7 Å². The normalized spacial score (nSPS) is 11.3. The Kier molecular flexibility index (Phi) is 4.02. The molecule has 0 unspecified atom stereocenters. The second kappa shape index (κ2) is 5.59. The van der Waals surface area contributed by atoms with E-state index < -0.39 is 11.2 Å². The maximum absolute atomic E-state index is 12.0. The predicted molar refractivity (Wildman–Crippen MR) is 78.8 cm³/mol. The highest BCUT2D eigenvalue weighted by Crippen LogP contribution is 2.20. The molecule has 0 atom stereocenters. The molecule has 2 aromatic rings. The van der Waals surface area contributed by atoms with Crippen LogP contribution in [0.4, 0.5) is 0 Å². The van der Waals surface area contributed by atoms with Crippen molar-refractivity contribution in [3.05, 3.63) is 43.9 Å². The largest absolute Gasteiger partial charge is 0.494 e. The molecular weight excluding hydrogens is 272 g/mol. The highest BCUT2D eigenvalue weighted by Gasteiger charge is 2.18. The van der Waals surface area contributed by atoms with Crippen LogP contribution >= 0.6 is 0 Å². The van der Waals surface area contributed by atoms with Gasteiger partial charge in [-0.25, -0.2) is 4.79 Å². The van der Waals surface area contributed by atoms with Gasteiger partial charge in [0.1, 0.15) is 0 Å². The van der Waals surface area contributed by atoms with Crippen molar-refractivity contribution in [2.45, 2.75) is 39.7 Å². The van der Waals surface area contributed by atoms with Crippen LogP contribution in [0.15, 0.2) is 15.8 Å². The van der Waals surface area contributed by atoms with Crippen LogP contribution in [-0.4, -0.2) is 24.4 Å². The minimum atomic E-state index is -0.618. The van der Waals surface area contributed by atoms with Crippen molar-refractivity contribution in [1.82, 2.24) is 19.3 Å². The van der Waals surface area contributed by atoms with Gasteiger partial charge in [0.25, 0.3) is 5.56 Å². The number of aromatic nitrogens is 4. The Morgan fingerprint density at radius 2 is 2.05 bits per heavy atom. The third kappa shape index (κ3) is 2.76. The van der Waals surface area contributed by atoms with E-state index in [4.69, 9.17) is 0 Å². The van der Waals surface area contributed by atoms with Gasteiger partial charge in [-0.05, 0) is 12.3 Å². The molecular formula is C14H20N4O3. The fraction of sp³-hybridized carbons (Fsp3) is 0.500. The second-order valence-corrected chi connectivity index (χ2v) is 5.37. The fourth-order valence-corrected chi connectivity index (χ4v) is 2.43. The average molecular weight is 292 g/mol. The van der Waals surface area contributed by atoms with Crippen LogP contribution in [0.3, 0.4) is 0 Å². The zero-order valence-electron chi connectivity index (χ0n) is 12.7. The summed E-state index contributed by atoms with van der Waals surface area (Å²) in [6, 6.07) is 0. The Hall–Kier alpha value is -2.31. The first-order chi connectivity index (χ1) is 9.85. The first-order valence-electron chi connectivity index (χ1n) is 6.92.